The van der Waals surface area contributed by atoms with E-state index in [9.17, 15) is 4.79 Å². The van der Waals surface area contributed by atoms with E-state index in [-0.39, 0.29) is 12.1 Å². The van der Waals surface area contributed by atoms with Crippen molar-refractivity contribution in [1.82, 2.24) is 0 Å². The van der Waals surface area contributed by atoms with Crippen LogP contribution in [0.3, 0.4) is 0 Å². The van der Waals surface area contributed by atoms with E-state index in [0.717, 1.165) is 31.2 Å². The van der Waals surface area contributed by atoms with Gasteiger partial charge in [-0.1, -0.05) is 69.9 Å². The smallest absolute Gasteiger partial charge is 0.303 e. The zero-order chi connectivity index (χ0) is 23.0. The normalized spacial score (nSPS) is 12.9. The topological polar surface area (TPSA) is 39.4 Å². The summed E-state index contributed by atoms with van der Waals surface area (Å²) in [7, 11) is -1.56. The van der Waals surface area contributed by atoms with Crippen LogP contribution in [0.5, 0.6) is 0 Å². The lowest BCUT2D eigenvalue weighted by atomic mass is 10.0. The maximum Gasteiger partial charge on any atom is 0.303 e. The standard InChI is InChI=1S/C27H38O3SSi/c1-5-32(6-2,7-3)27-19-23(20-29-27)25(30-21(4)28)16-11-9-8-10-15-24-18-22-14-12-13-17-26(22)31-24/h12-14,17-20,25H,5-11,15-16H2,1-4H3. The largest absolute Gasteiger partial charge is 0.474 e. The molecule has 0 N–H and O–H groups in total. The lowest BCUT2D eigenvalue weighted by Crippen LogP contribution is -2.44. The molecule has 0 radical (unpaired) electrons. The SMILES string of the molecule is CC[Si](CC)(CC)c1cc(C(CCCCCCc2cc3ccccc3s2)OC(C)=O)co1. The van der Waals surface area contributed by atoms with Crippen LogP contribution in [0.15, 0.2) is 47.1 Å². The lowest BCUT2D eigenvalue weighted by molar-refractivity contribution is -0.147. The van der Waals surface area contributed by atoms with Gasteiger partial charge < -0.3 is 9.15 Å². The Bertz CT molecular complexity index is 944. The van der Waals surface area contributed by atoms with Crippen molar-refractivity contribution in [2.24, 2.45) is 0 Å². The van der Waals surface area contributed by atoms with Gasteiger partial charge >= 0.3 is 5.97 Å². The van der Waals surface area contributed by atoms with E-state index in [2.05, 4.69) is 57.2 Å². The molecule has 0 amide bonds. The zero-order valence-corrected chi connectivity index (χ0v) is 21.9. The number of aryl methyl sites for hydroxylation is 1. The summed E-state index contributed by atoms with van der Waals surface area (Å²) < 4.78 is 13.1. The van der Waals surface area contributed by atoms with E-state index in [0.29, 0.717) is 0 Å². The molecule has 3 nitrogen and oxygen atoms in total. The van der Waals surface area contributed by atoms with Gasteiger partial charge in [-0.2, -0.15) is 0 Å². The van der Waals surface area contributed by atoms with Crippen molar-refractivity contribution in [3.8, 4) is 0 Å². The number of hydrogen-bond donors (Lipinski definition) is 0. The maximum absolute atomic E-state index is 11.7. The molecule has 0 bridgehead atoms. The van der Waals surface area contributed by atoms with Crippen molar-refractivity contribution in [2.45, 2.75) is 90.5 Å². The lowest BCUT2D eigenvalue weighted by Gasteiger charge is -2.24. The number of unbranched alkanes of at least 4 members (excludes halogenated alkanes) is 3. The Morgan fingerprint density at radius 1 is 1.03 bits per heavy atom. The molecular weight excluding hydrogens is 432 g/mol. The third kappa shape index (κ3) is 6.14. The number of fused-ring (bicyclic) bond motifs is 1. The molecular formula is C27H38O3SSi. The zero-order valence-electron chi connectivity index (χ0n) is 20.1. The summed E-state index contributed by atoms with van der Waals surface area (Å²) in [6, 6.07) is 16.7. The van der Waals surface area contributed by atoms with Gasteiger partial charge in [-0.3, -0.25) is 4.79 Å². The third-order valence-electron chi connectivity index (χ3n) is 6.97. The average Bonchev–Trinajstić information content (AvgIpc) is 3.44. The summed E-state index contributed by atoms with van der Waals surface area (Å²) >= 11 is 1.92. The minimum Gasteiger partial charge on any atom is -0.474 e. The van der Waals surface area contributed by atoms with Gasteiger partial charge in [0.2, 0.25) is 0 Å². The summed E-state index contributed by atoms with van der Waals surface area (Å²) in [5.41, 5.74) is 1.03. The highest BCUT2D eigenvalue weighted by atomic mass is 32.1. The molecule has 174 valence electrons. The first-order chi connectivity index (χ1) is 15.5. The Kier molecular flexibility index (Phi) is 9.18. The molecule has 1 unspecified atom stereocenters. The Hall–Kier alpha value is -1.85. The summed E-state index contributed by atoms with van der Waals surface area (Å²) in [4.78, 5) is 13.2. The summed E-state index contributed by atoms with van der Waals surface area (Å²) in [5, 5.41) is 2.53. The van der Waals surface area contributed by atoms with Crippen molar-refractivity contribution < 1.29 is 13.9 Å². The van der Waals surface area contributed by atoms with Crippen LogP contribution in [0, 0.1) is 0 Å². The van der Waals surface area contributed by atoms with Gasteiger partial charge in [0.25, 0.3) is 0 Å². The molecule has 0 aliphatic carbocycles. The van der Waals surface area contributed by atoms with E-state index in [1.165, 1.54) is 58.2 Å². The molecule has 0 fully saturated rings. The van der Waals surface area contributed by atoms with Crippen LogP contribution in [0.2, 0.25) is 18.1 Å². The molecule has 0 aliphatic rings. The number of furan rings is 1. The van der Waals surface area contributed by atoms with Crippen LogP contribution in [0.4, 0.5) is 0 Å². The van der Waals surface area contributed by atoms with E-state index in [1.807, 2.05) is 17.6 Å². The Morgan fingerprint density at radius 3 is 2.44 bits per heavy atom. The van der Waals surface area contributed by atoms with E-state index < -0.39 is 8.07 Å². The number of benzene rings is 1. The highest BCUT2D eigenvalue weighted by Crippen LogP contribution is 2.29. The molecule has 32 heavy (non-hydrogen) atoms. The highest BCUT2D eigenvalue weighted by Gasteiger charge is 2.33. The predicted octanol–water partition coefficient (Wildman–Crippen LogP) is 8.01. The first kappa shape index (κ1) is 24.8. The van der Waals surface area contributed by atoms with Crippen LogP contribution in [-0.4, -0.2) is 14.0 Å². The molecule has 2 heterocycles. The number of carbonyl (C=O) groups is 1. The van der Waals surface area contributed by atoms with E-state index in [4.69, 9.17) is 9.15 Å². The van der Waals surface area contributed by atoms with Gasteiger partial charge in [0.15, 0.2) is 0 Å². The molecule has 3 rings (SSSR count). The second-order valence-electron chi connectivity index (χ2n) is 8.89. The van der Waals surface area contributed by atoms with Gasteiger partial charge in [-0.05, 0) is 49.3 Å². The number of esters is 1. The molecule has 0 saturated heterocycles. The quantitative estimate of drug-likeness (QED) is 0.144. The number of ether oxygens (including phenoxy) is 1. The van der Waals surface area contributed by atoms with Gasteiger partial charge in [-0.15, -0.1) is 11.3 Å². The number of carbonyl (C=O) groups excluding carboxylic acids is 1. The second-order valence-corrected chi connectivity index (χ2v) is 15.2. The number of thiophene rings is 1. The van der Waals surface area contributed by atoms with Crippen LogP contribution in [0.25, 0.3) is 10.1 Å². The molecule has 0 spiro atoms. The van der Waals surface area contributed by atoms with Gasteiger partial charge in [0, 0.05) is 22.1 Å². The first-order valence-electron chi connectivity index (χ1n) is 12.2. The molecule has 0 saturated carbocycles. The number of rotatable bonds is 13. The molecule has 1 aromatic carbocycles. The number of hydrogen-bond acceptors (Lipinski definition) is 4. The molecule has 1 atom stereocenters. The van der Waals surface area contributed by atoms with E-state index in [1.54, 1.807) is 0 Å². The maximum atomic E-state index is 11.7. The Balaban J connectivity index is 1.50. The van der Waals surface area contributed by atoms with Gasteiger partial charge in [0.1, 0.15) is 14.2 Å². The first-order valence-corrected chi connectivity index (χ1v) is 15.7. The van der Waals surface area contributed by atoms with E-state index >= 15 is 0 Å². The Morgan fingerprint density at radius 2 is 1.75 bits per heavy atom. The van der Waals surface area contributed by atoms with Gasteiger partial charge in [0.05, 0.1) is 11.6 Å². The molecule has 3 aromatic rings. The third-order valence-corrected chi connectivity index (χ3v) is 13.5. The summed E-state index contributed by atoms with van der Waals surface area (Å²) in [6.07, 6.45) is 8.29. The molecule has 5 heteroatoms. The van der Waals surface area contributed by atoms with Crippen molar-refractivity contribution in [3.05, 3.63) is 53.1 Å². The average molecular weight is 471 g/mol. The molecule has 2 aromatic heterocycles. The van der Waals surface area contributed by atoms with Crippen molar-refractivity contribution in [1.29, 1.82) is 0 Å². The van der Waals surface area contributed by atoms with Gasteiger partial charge in [-0.25, -0.2) is 0 Å². The second kappa shape index (κ2) is 11.8. The summed E-state index contributed by atoms with van der Waals surface area (Å²) in [6.45, 7) is 8.35. The fraction of sp³-hybridized carbons (Fsp3) is 0.519. The van der Waals surface area contributed by atoms with Crippen LogP contribution in [0.1, 0.15) is 76.3 Å². The van der Waals surface area contributed by atoms with Crippen molar-refractivity contribution in [3.63, 3.8) is 0 Å². The fourth-order valence-electron chi connectivity index (χ4n) is 4.71. The van der Waals surface area contributed by atoms with Crippen LogP contribution in [-0.2, 0) is 16.0 Å². The minimum atomic E-state index is -1.56. The predicted molar refractivity (Wildman–Crippen MR) is 139 cm³/mol. The fourth-order valence-corrected chi connectivity index (χ4v) is 9.14. The summed E-state index contributed by atoms with van der Waals surface area (Å²) in [5.74, 6) is -0.215. The van der Waals surface area contributed by atoms with Crippen molar-refractivity contribution >= 4 is 40.8 Å². The molecule has 0 aliphatic heterocycles. The van der Waals surface area contributed by atoms with Crippen LogP contribution >= 0.6 is 11.3 Å². The highest BCUT2D eigenvalue weighted by molar-refractivity contribution is 7.19. The van der Waals surface area contributed by atoms with Crippen molar-refractivity contribution in [2.75, 3.05) is 0 Å². The Labute approximate surface area is 198 Å². The minimum absolute atomic E-state index is 0.190. The monoisotopic (exact) mass is 470 g/mol. The van der Waals surface area contributed by atoms with Crippen LogP contribution < -0.4 is 5.38 Å².